The van der Waals surface area contributed by atoms with Crippen molar-refractivity contribution in [2.24, 2.45) is 0 Å². The molecular weight excluding hydrogens is 228 g/mol. The molecular formula is C14H20N2O2. The summed E-state index contributed by atoms with van der Waals surface area (Å²) in [7, 11) is 5.01. The first-order chi connectivity index (χ1) is 8.67. The number of methoxy groups -OCH3 is 2. The predicted octanol–water partition coefficient (Wildman–Crippen LogP) is 2.23. The Kier molecular flexibility index (Phi) is 6.11. The van der Waals surface area contributed by atoms with Crippen LogP contribution < -0.4 is 0 Å². The van der Waals surface area contributed by atoms with Crippen LogP contribution in [0.15, 0.2) is 36.4 Å². The summed E-state index contributed by atoms with van der Waals surface area (Å²) in [6.45, 7) is 0.519. The van der Waals surface area contributed by atoms with Gasteiger partial charge in [0.2, 0.25) is 0 Å². The van der Waals surface area contributed by atoms with Crippen LogP contribution in [0.25, 0.3) is 6.08 Å². The number of likely N-dealkylation sites (N-methyl/N-ethyl adjacent to an activating group) is 1. The molecule has 1 aromatic rings. The van der Waals surface area contributed by atoms with Crippen molar-refractivity contribution in [2.45, 2.75) is 6.29 Å². The van der Waals surface area contributed by atoms with Crippen molar-refractivity contribution in [2.75, 3.05) is 27.8 Å². The molecule has 0 unspecified atom stereocenters. The Labute approximate surface area is 108 Å². The Morgan fingerprint density at radius 2 is 1.89 bits per heavy atom. The smallest absolute Gasteiger partial charge is 0.174 e. The Balaban J connectivity index is 2.52. The van der Waals surface area contributed by atoms with Crippen LogP contribution in [-0.2, 0) is 9.47 Å². The zero-order chi connectivity index (χ0) is 13.4. The average molecular weight is 248 g/mol. The molecule has 1 rings (SSSR count). The fourth-order valence-electron chi connectivity index (χ4n) is 1.43. The largest absolute Gasteiger partial charge is 0.355 e. The van der Waals surface area contributed by atoms with Gasteiger partial charge in [0, 0.05) is 21.3 Å². The maximum absolute atomic E-state index is 7.92. The van der Waals surface area contributed by atoms with Gasteiger partial charge < -0.3 is 14.4 Å². The van der Waals surface area contributed by atoms with Crippen LogP contribution in [0.3, 0.4) is 0 Å². The van der Waals surface area contributed by atoms with Gasteiger partial charge in [-0.25, -0.2) is 0 Å². The first-order valence-corrected chi connectivity index (χ1v) is 5.75. The fraction of sp³-hybridized carbons (Fsp3) is 0.357. The lowest BCUT2D eigenvalue weighted by molar-refractivity contribution is -0.107. The number of benzene rings is 1. The minimum atomic E-state index is -0.319. The van der Waals surface area contributed by atoms with E-state index in [1.54, 1.807) is 25.2 Å². The molecule has 0 radical (unpaired) electrons. The van der Waals surface area contributed by atoms with Crippen molar-refractivity contribution >= 4 is 11.9 Å². The third-order valence-electron chi connectivity index (χ3n) is 2.59. The van der Waals surface area contributed by atoms with E-state index in [-0.39, 0.29) is 6.29 Å². The lowest BCUT2D eigenvalue weighted by atomic mass is 10.2. The van der Waals surface area contributed by atoms with Crippen molar-refractivity contribution in [1.82, 2.24) is 4.90 Å². The number of nitrogens with one attached hydrogen (secondary N) is 1. The highest BCUT2D eigenvalue weighted by atomic mass is 16.7. The van der Waals surface area contributed by atoms with E-state index in [0.717, 1.165) is 5.56 Å². The zero-order valence-corrected chi connectivity index (χ0v) is 11.1. The van der Waals surface area contributed by atoms with E-state index in [4.69, 9.17) is 14.9 Å². The molecule has 0 amide bonds. The number of hydrogen-bond acceptors (Lipinski definition) is 3. The number of rotatable bonds is 6. The second-order valence-electron chi connectivity index (χ2n) is 3.91. The van der Waals surface area contributed by atoms with Crippen molar-refractivity contribution in [3.8, 4) is 0 Å². The molecule has 0 aliphatic heterocycles. The minimum absolute atomic E-state index is 0.319. The van der Waals surface area contributed by atoms with E-state index in [1.165, 1.54) is 0 Å². The highest BCUT2D eigenvalue weighted by Gasteiger charge is 2.10. The van der Waals surface area contributed by atoms with E-state index in [9.17, 15) is 0 Å². The molecule has 98 valence electrons. The van der Waals surface area contributed by atoms with E-state index < -0.39 is 0 Å². The number of hydrogen-bond donors (Lipinski definition) is 1. The predicted molar refractivity (Wildman–Crippen MR) is 73.6 cm³/mol. The molecule has 0 aliphatic carbocycles. The van der Waals surface area contributed by atoms with Crippen LogP contribution in [-0.4, -0.2) is 44.8 Å². The van der Waals surface area contributed by atoms with E-state index in [0.29, 0.717) is 12.4 Å². The van der Waals surface area contributed by atoms with Gasteiger partial charge in [-0.2, -0.15) is 0 Å². The number of amidine groups is 1. The SMILES string of the molecule is COC(CN(C)C(=N)/C=C/c1ccccc1)OC. The van der Waals surface area contributed by atoms with Gasteiger partial charge in [0.05, 0.1) is 6.54 Å². The van der Waals surface area contributed by atoms with E-state index >= 15 is 0 Å². The van der Waals surface area contributed by atoms with Crippen LogP contribution in [0.2, 0.25) is 0 Å². The molecule has 0 bridgehead atoms. The summed E-state index contributed by atoms with van der Waals surface area (Å²) in [4.78, 5) is 1.77. The van der Waals surface area contributed by atoms with Gasteiger partial charge in [0.15, 0.2) is 6.29 Å². The fourth-order valence-corrected chi connectivity index (χ4v) is 1.43. The van der Waals surface area contributed by atoms with Crippen molar-refractivity contribution in [3.63, 3.8) is 0 Å². The molecule has 4 nitrogen and oxygen atoms in total. The molecule has 0 aromatic heterocycles. The number of nitrogens with zero attached hydrogens (tertiary/aromatic N) is 1. The first kappa shape index (κ1) is 14.4. The van der Waals surface area contributed by atoms with Crippen LogP contribution in [0.1, 0.15) is 5.56 Å². The summed E-state index contributed by atoms with van der Waals surface area (Å²) >= 11 is 0. The van der Waals surface area contributed by atoms with Gasteiger partial charge in [-0.1, -0.05) is 36.4 Å². The molecule has 0 atom stereocenters. The maximum Gasteiger partial charge on any atom is 0.174 e. The molecule has 0 heterocycles. The minimum Gasteiger partial charge on any atom is -0.355 e. The first-order valence-electron chi connectivity index (χ1n) is 5.75. The summed E-state index contributed by atoms with van der Waals surface area (Å²) < 4.78 is 10.2. The quantitative estimate of drug-likeness (QED) is 0.477. The van der Waals surface area contributed by atoms with Gasteiger partial charge in [0.1, 0.15) is 5.84 Å². The standard InChI is InChI=1S/C14H20N2O2/c1-16(11-14(17-2)18-3)13(15)10-9-12-7-5-4-6-8-12/h4-10,14-15H,11H2,1-3H3/b10-9+,15-13?. The normalized spacial score (nSPS) is 11.1. The van der Waals surface area contributed by atoms with Gasteiger partial charge >= 0.3 is 0 Å². The van der Waals surface area contributed by atoms with Crippen molar-refractivity contribution < 1.29 is 9.47 Å². The molecule has 0 saturated carbocycles. The Morgan fingerprint density at radius 1 is 1.28 bits per heavy atom. The summed E-state index contributed by atoms with van der Waals surface area (Å²) in [6.07, 6.45) is 3.35. The highest BCUT2D eigenvalue weighted by molar-refractivity contribution is 5.93. The van der Waals surface area contributed by atoms with Crippen LogP contribution in [0.4, 0.5) is 0 Å². The Morgan fingerprint density at radius 3 is 2.44 bits per heavy atom. The summed E-state index contributed by atoms with van der Waals surface area (Å²) in [5, 5.41) is 7.92. The van der Waals surface area contributed by atoms with Gasteiger partial charge in [0.25, 0.3) is 0 Å². The Hall–Kier alpha value is -1.65. The van der Waals surface area contributed by atoms with E-state index in [2.05, 4.69) is 0 Å². The topological polar surface area (TPSA) is 45.5 Å². The third-order valence-corrected chi connectivity index (χ3v) is 2.59. The maximum atomic E-state index is 7.92. The van der Waals surface area contributed by atoms with Crippen LogP contribution in [0, 0.1) is 5.41 Å². The highest BCUT2D eigenvalue weighted by Crippen LogP contribution is 2.02. The van der Waals surface area contributed by atoms with Crippen LogP contribution in [0.5, 0.6) is 0 Å². The van der Waals surface area contributed by atoms with Crippen molar-refractivity contribution in [1.29, 1.82) is 5.41 Å². The molecule has 4 heteroatoms. The van der Waals surface area contributed by atoms with Crippen LogP contribution >= 0.6 is 0 Å². The zero-order valence-electron chi connectivity index (χ0n) is 11.1. The average Bonchev–Trinajstić information content (AvgIpc) is 2.42. The molecule has 1 N–H and O–H groups in total. The molecule has 18 heavy (non-hydrogen) atoms. The van der Waals surface area contributed by atoms with Crippen molar-refractivity contribution in [3.05, 3.63) is 42.0 Å². The molecule has 0 spiro atoms. The monoisotopic (exact) mass is 248 g/mol. The molecule has 1 aromatic carbocycles. The summed E-state index contributed by atoms with van der Waals surface area (Å²) in [6, 6.07) is 9.90. The summed E-state index contributed by atoms with van der Waals surface area (Å²) in [5.74, 6) is 0.415. The molecule has 0 aliphatic rings. The second-order valence-corrected chi connectivity index (χ2v) is 3.91. The Bertz CT molecular complexity index is 386. The lowest BCUT2D eigenvalue weighted by Crippen LogP contribution is -2.34. The third kappa shape index (κ3) is 4.69. The second kappa shape index (κ2) is 7.63. The van der Waals surface area contributed by atoms with Gasteiger partial charge in [-0.15, -0.1) is 0 Å². The van der Waals surface area contributed by atoms with Gasteiger partial charge in [-0.3, -0.25) is 5.41 Å². The van der Waals surface area contributed by atoms with Gasteiger partial charge in [-0.05, 0) is 11.6 Å². The number of ether oxygens (including phenoxy) is 2. The van der Waals surface area contributed by atoms with E-state index in [1.807, 2.05) is 43.5 Å². The molecule has 0 saturated heterocycles. The molecule has 0 fully saturated rings. The summed E-state index contributed by atoms with van der Waals surface area (Å²) in [5.41, 5.74) is 1.07. The lowest BCUT2D eigenvalue weighted by Gasteiger charge is -2.22.